The lowest BCUT2D eigenvalue weighted by atomic mass is 10.0. The van der Waals surface area contributed by atoms with Gasteiger partial charge >= 0.3 is 0 Å². The van der Waals surface area contributed by atoms with Gasteiger partial charge in [0, 0.05) is 23.6 Å². The Labute approximate surface area is 124 Å². The zero-order valence-corrected chi connectivity index (χ0v) is 11.6. The van der Waals surface area contributed by atoms with E-state index in [1.807, 2.05) is 6.07 Å². The predicted molar refractivity (Wildman–Crippen MR) is 88.7 cm³/mol. The molecule has 100 valence electrons. The van der Waals surface area contributed by atoms with E-state index in [9.17, 15) is 0 Å². The van der Waals surface area contributed by atoms with Crippen LogP contribution in [0.2, 0.25) is 0 Å². The van der Waals surface area contributed by atoms with Gasteiger partial charge in [-0.05, 0) is 34.5 Å². The van der Waals surface area contributed by atoms with Crippen molar-refractivity contribution < 1.29 is 0 Å². The van der Waals surface area contributed by atoms with Gasteiger partial charge in [-0.15, -0.1) is 0 Å². The smallest absolute Gasteiger partial charge is 0.0449 e. The number of para-hydroxylation sites is 1. The van der Waals surface area contributed by atoms with Gasteiger partial charge in [0.2, 0.25) is 0 Å². The van der Waals surface area contributed by atoms with Crippen molar-refractivity contribution in [3.8, 4) is 16.8 Å². The van der Waals surface area contributed by atoms with E-state index in [4.69, 9.17) is 0 Å². The van der Waals surface area contributed by atoms with Crippen molar-refractivity contribution in [1.29, 1.82) is 0 Å². The quantitative estimate of drug-likeness (QED) is 0.465. The molecule has 4 aromatic rings. The Kier molecular flexibility index (Phi) is 2.82. The van der Waals surface area contributed by atoms with Gasteiger partial charge in [-0.3, -0.25) is 0 Å². The highest BCUT2D eigenvalue weighted by molar-refractivity contribution is 5.96. The zero-order chi connectivity index (χ0) is 14.1. The average Bonchev–Trinajstić information content (AvgIpc) is 3.05. The molecule has 0 saturated carbocycles. The SMILES string of the molecule is c1ccc(-n2ccc(-c3cccc4ccccc34)c2)cc1. The van der Waals surface area contributed by atoms with Crippen LogP contribution in [0.25, 0.3) is 27.6 Å². The summed E-state index contributed by atoms with van der Waals surface area (Å²) >= 11 is 0. The number of aromatic nitrogens is 1. The summed E-state index contributed by atoms with van der Waals surface area (Å²) in [5, 5.41) is 2.58. The Morgan fingerprint density at radius 1 is 0.619 bits per heavy atom. The van der Waals surface area contributed by atoms with E-state index in [-0.39, 0.29) is 0 Å². The summed E-state index contributed by atoms with van der Waals surface area (Å²) in [7, 11) is 0. The van der Waals surface area contributed by atoms with Crippen LogP contribution in [-0.4, -0.2) is 4.57 Å². The van der Waals surface area contributed by atoms with E-state index in [1.165, 1.54) is 27.6 Å². The van der Waals surface area contributed by atoms with Gasteiger partial charge in [-0.25, -0.2) is 0 Å². The highest BCUT2D eigenvalue weighted by Crippen LogP contribution is 2.29. The molecule has 0 aliphatic rings. The summed E-state index contributed by atoms with van der Waals surface area (Å²) in [6.45, 7) is 0. The van der Waals surface area contributed by atoms with Gasteiger partial charge < -0.3 is 4.57 Å². The Bertz CT molecular complexity index is 883. The van der Waals surface area contributed by atoms with E-state index >= 15 is 0 Å². The molecule has 1 heteroatoms. The lowest BCUT2D eigenvalue weighted by molar-refractivity contribution is 1.08. The van der Waals surface area contributed by atoms with Crippen LogP contribution in [0.5, 0.6) is 0 Å². The molecule has 0 saturated heterocycles. The second kappa shape index (κ2) is 4.95. The van der Waals surface area contributed by atoms with Crippen molar-refractivity contribution in [2.75, 3.05) is 0 Å². The minimum absolute atomic E-state index is 1.18. The van der Waals surface area contributed by atoms with E-state index < -0.39 is 0 Å². The van der Waals surface area contributed by atoms with Crippen LogP contribution in [0.3, 0.4) is 0 Å². The molecule has 21 heavy (non-hydrogen) atoms. The second-order valence-corrected chi connectivity index (χ2v) is 5.17. The minimum Gasteiger partial charge on any atom is -0.323 e. The van der Waals surface area contributed by atoms with Crippen molar-refractivity contribution in [3.63, 3.8) is 0 Å². The molecule has 0 bridgehead atoms. The molecule has 0 fully saturated rings. The maximum atomic E-state index is 2.19. The van der Waals surface area contributed by atoms with Gasteiger partial charge in [0.25, 0.3) is 0 Å². The minimum atomic E-state index is 1.18. The summed E-state index contributed by atoms with van der Waals surface area (Å²) in [6.07, 6.45) is 4.31. The van der Waals surface area contributed by atoms with Gasteiger partial charge in [0.15, 0.2) is 0 Å². The maximum absolute atomic E-state index is 2.19. The van der Waals surface area contributed by atoms with E-state index in [0.717, 1.165) is 0 Å². The third-order valence-corrected chi connectivity index (χ3v) is 3.85. The summed E-state index contributed by atoms with van der Waals surface area (Å²) in [5.74, 6) is 0. The summed E-state index contributed by atoms with van der Waals surface area (Å²) < 4.78 is 2.16. The number of rotatable bonds is 2. The van der Waals surface area contributed by atoms with E-state index in [0.29, 0.717) is 0 Å². The summed E-state index contributed by atoms with van der Waals surface area (Å²) in [4.78, 5) is 0. The third-order valence-electron chi connectivity index (χ3n) is 3.85. The molecule has 1 aromatic heterocycles. The molecule has 1 heterocycles. The van der Waals surface area contributed by atoms with Crippen molar-refractivity contribution in [3.05, 3.63) is 91.3 Å². The van der Waals surface area contributed by atoms with E-state index in [1.54, 1.807) is 0 Å². The monoisotopic (exact) mass is 269 g/mol. The normalized spacial score (nSPS) is 10.9. The molecule has 0 radical (unpaired) electrons. The van der Waals surface area contributed by atoms with Crippen LogP contribution >= 0.6 is 0 Å². The molecular formula is C20H15N. The van der Waals surface area contributed by atoms with Crippen LogP contribution in [0, 0.1) is 0 Å². The van der Waals surface area contributed by atoms with Gasteiger partial charge in [-0.2, -0.15) is 0 Å². The highest BCUT2D eigenvalue weighted by Gasteiger charge is 2.05. The largest absolute Gasteiger partial charge is 0.323 e. The number of fused-ring (bicyclic) bond motifs is 1. The first-order chi connectivity index (χ1) is 10.4. The lowest BCUT2D eigenvalue weighted by Crippen LogP contribution is -1.87. The molecule has 0 N–H and O–H groups in total. The van der Waals surface area contributed by atoms with Crippen LogP contribution in [-0.2, 0) is 0 Å². The van der Waals surface area contributed by atoms with Crippen molar-refractivity contribution in [1.82, 2.24) is 4.57 Å². The number of hydrogen-bond donors (Lipinski definition) is 0. The second-order valence-electron chi connectivity index (χ2n) is 5.17. The Morgan fingerprint density at radius 3 is 2.29 bits per heavy atom. The Hall–Kier alpha value is -2.80. The van der Waals surface area contributed by atoms with Gasteiger partial charge in [0.1, 0.15) is 0 Å². The Balaban J connectivity index is 1.85. The molecule has 0 spiro atoms. The summed E-state index contributed by atoms with van der Waals surface area (Å²) in [6, 6.07) is 27.6. The number of benzene rings is 3. The Morgan fingerprint density at radius 2 is 1.38 bits per heavy atom. The topological polar surface area (TPSA) is 4.93 Å². The third kappa shape index (κ3) is 2.13. The van der Waals surface area contributed by atoms with Crippen LogP contribution in [0.1, 0.15) is 0 Å². The molecule has 4 rings (SSSR count). The van der Waals surface area contributed by atoms with Gasteiger partial charge in [-0.1, -0.05) is 60.7 Å². The van der Waals surface area contributed by atoms with Crippen LogP contribution < -0.4 is 0 Å². The van der Waals surface area contributed by atoms with Crippen molar-refractivity contribution in [2.45, 2.75) is 0 Å². The predicted octanol–water partition coefficient (Wildman–Crippen LogP) is 5.30. The molecule has 1 nitrogen and oxygen atoms in total. The van der Waals surface area contributed by atoms with Crippen LogP contribution in [0.4, 0.5) is 0 Å². The fraction of sp³-hybridized carbons (Fsp3) is 0. The van der Waals surface area contributed by atoms with Gasteiger partial charge in [0.05, 0.1) is 0 Å². The maximum Gasteiger partial charge on any atom is 0.0449 e. The molecule has 0 aliphatic carbocycles. The molecule has 3 aromatic carbocycles. The van der Waals surface area contributed by atoms with Crippen molar-refractivity contribution in [2.24, 2.45) is 0 Å². The molecule has 0 atom stereocenters. The summed E-state index contributed by atoms with van der Waals surface area (Å²) in [5.41, 5.74) is 3.71. The number of hydrogen-bond acceptors (Lipinski definition) is 0. The first-order valence-corrected chi connectivity index (χ1v) is 7.13. The zero-order valence-electron chi connectivity index (χ0n) is 11.6. The standard InChI is InChI=1S/C20H15N/c1-2-9-18(10-3-1)21-14-13-17(15-21)20-12-6-8-16-7-4-5-11-19(16)20/h1-15H. The lowest BCUT2D eigenvalue weighted by Gasteiger charge is -2.05. The van der Waals surface area contributed by atoms with Crippen molar-refractivity contribution >= 4 is 10.8 Å². The number of nitrogens with zero attached hydrogens (tertiary/aromatic N) is 1. The fourth-order valence-corrected chi connectivity index (χ4v) is 2.79. The molecule has 0 amide bonds. The first-order valence-electron chi connectivity index (χ1n) is 7.13. The first kappa shape index (κ1) is 12.0. The fourth-order valence-electron chi connectivity index (χ4n) is 2.79. The highest BCUT2D eigenvalue weighted by atomic mass is 14.9. The average molecular weight is 269 g/mol. The molecule has 0 unspecified atom stereocenters. The molecular weight excluding hydrogens is 254 g/mol. The molecule has 0 aliphatic heterocycles. The van der Waals surface area contributed by atoms with E-state index in [2.05, 4.69) is 89.8 Å². The van der Waals surface area contributed by atoms with Crippen LogP contribution in [0.15, 0.2) is 91.3 Å².